The van der Waals surface area contributed by atoms with Gasteiger partial charge in [0.15, 0.2) is 0 Å². The summed E-state index contributed by atoms with van der Waals surface area (Å²) >= 11 is 0. The zero-order valence-corrected chi connectivity index (χ0v) is 11.4. The molecule has 1 atom stereocenters. The van der Waals surface area contributed by atoms with Crippen molar-refractivity contribution < 1.29 is 14.3 Å². The van der Waals surface area contributed by atoms with E-state index < -0.39 is 0 Å². The lowest BCUT2D eigenvalue weighted by Crippen LogP contribution is -2.32. The Hall–Kier alpha value is -1.71. The molecule has 0 saturated heterocycles. The summed E-state index contributed by atoms with van der Waals surface area (Å²) in [5.41, 5.74) is 0.852. The van der Waals surface area contributed by atoms with Gasteiger partial charge in [0.2, 0.25) is 0 Å². The highest BCUT2D eigenvalue weighted by molar-refractivity contribution is 5.79. The summed E-state index contributed by atoms with van der Waals surface area (Å²) in [5.74, 6) is 0.923. The minimum absolute atomic E-state index is 0.244. The molecule has 4 nitrogen and oxygen atoms in total. The molecule has 1 unspecified atom stereocenters. The Labute approximate surface area is 108 Å². The highest BCUT2D eigenvalue weighted by Gasteiger charge is 2.20. The van der Waals surface area contributed by atoms with Gasteiger partial charge < -0.3 is 14.8 Å². The first-order valence-electron chi connectivity index (χ1n) is 6.05. The monoisotopic (exact) mass is 251 g/mol. The first-order chi connectivity index (χ1) is 8.56. The van der Waals surface area contributed by atoms with Gasteiger partial charge in [-0.15, -0.1) is 0 Å². The van der Waals surface area contributed by atoms with E-state index in [0.29, 0.717) is 5.92 Å². The molecule has 0 bridgehead atoms. The van der Waals surface area contributed by atoms with Gasteiger partial charge in [-0.3, -0.25) is 0 Å². The normalized spacial score (nSPS) is 12.1. The Balaban J connectivity index is 2.78. The molecule has 0 aliphatic rings. The molecule has 0 saturated carbocycles. The number of rotatable bonds is 6. The van der Waals surface area contributed by atoms with Crippen molar-refractivity contribution in [2.24, 2.45) is 5.92 Å². The molecular weight excluding hydrogens is 230 g/mol. The molecule has 0 heterocycles. The summed E-state index contributed by atoms with van der Waals surface area (Å²) in [6, 6.07) is 7.17. The standard InChI is InChI=1S/C14H21NO3/c1-10(2)8-13(14(16)18-4)15-11-6-5-7-12(9-11)17-3/h5-7,9-10,13,15H,8H2,1-4H3. The molecule has 0 aliphatic carbocycles. The summed E-state index contributed by atoms with van der Waals surface area (Å²) in [5, 5.41) is 3.18. The number of anilines is 1. The van der Waals surface area contributed by atoms with Crippen molar-refractivity contribution in [3.8, 4) is 5.75 Å². The fourth-order valence-corrected chi connectivity index (χ4v) is 1.74. The van der Waals surface area contributed by atoms with E-state index in [4.69, 9.17) is 9.47 Å². The van der Waals surface area contributed by atoms with Gasteiger partial charge in [0.05, 0.1) is 14.2 Å². The van der Waals surface area contributed by atoms with Crippen molar-refractivity contribution in [3.63, 3.8) is 0 Å². The SMILES string of the molecule is COC(=O)C(CC(C)C)Nc1cccc(OC)c1. The number of hydrogen-bond donors (Lipinski definition) is 1. The highest BCUT2D eigenvalue weighted by atomic mass is 16.5. The van der Waals surface area contributed by atoms with Gasteiger partial charge in [0.1, 0.15) is 11.8 Å². The van der Waals surface area contributed by atoms with Gasteiger partial charge in [-0.1, -0.05) is 19.9 Å². The average Bonchev–Trinajstić information content (AvgIpc) is 2.36. The summed E-state index contributed by atoms with van der Waals surface area (Å²) in [4.78, 5) is 11.7. The molecule has 4 heteroatoms. The first kappa shape index (κ1) is 14.4. The minimum atomic E-state index is -0.331. The zero-order chi connectivity index (χ0) is 13.5. The fourth-order valence-electron chi connectivity index (χ4n) is 1.74. The van der Waals surface area contributed by atoms with E-state index in [1.54, 1.807) is 7.11 Å². The number of benzene rings is 1. The lowest BCUT2D eigenvalue weighted by atomic mass is 10.0. The Bertz CT molecular complexity index is 390. The summed E-state index contributed by atoms with van der Waals surface area (Å²) in [6.07, 6.45) is 0.726. The summed E-state index contributed by atoms with van der Waals surface area (Å²) in [7, 11) is 3.02. The van der Waals surface area contributed by atoms with Crippen molar-refractivity contribution in [2.45, 2.75) is 26.3 Å². The van der Waals surface area contributed by atoms with Crippen molar-refractivity contribution in [3.05, 3.63) is 24.3 Å². The molecule has 0 aromatic heterocycles. The lowest BCUT2D eigenvalue weighted by molar-refractivity contribution is -0.141. The predicted octanol–water partition coefficient (Wildman–Crippen LogP) is 2.69. The van der Waals surface area contributed by atoms with Crippen LogP contribution in [0, 0.1) is 5.92 Å². The molecule has 1 rings (SSSR count). The van der Waals surface area contributed by atoms with E-state index in [1.165, 1.54) is 7.11 Å². The third kappa shape index (κ3) is 4.28. The van der Waals surface area contributed by atoms with E-state index in [2.05, 4.69) is 19.2 Å². The van der Waals surface area contributed by atoms with Crippen molar-refractivity contribution in [1.29, 1.82) is 0 Å². The number of hydrogen-bond acceptors (Lipinski definition) is 4. The van der Waals surface area contributed by atoms with Crippen molar-refractivity contribution >= 4 is 11.7 Å². The number of methoxy groups -OCH3 is 2. The van der Waals surface area contributed by atoms with Crippen molar-refractivity contribution in [2.75, 3.05) is 19.5 Å². The molecule has 1 N–H and O–H groups in total. The molecule has 0 fully saturated rings. The molecule has 18 heavy (non-hydrogen) atoms. The fraction of sp³-hybridized carbons (Fsp3) is 0.500. The quantitative estimate of drug-likeness (QED) is 0.790. The topological polar surface area (TPSA) is 47.6 Å². The van der Waals surface area contributed by atoms with Gasteiger partial charge in [-0.25, -0.2) is 4.79 Å². The molecule has 0 aliphatic heterocycles. The molecular formula is C14H21NO3. The van der Waals surface area contributed by atoms with Crippen LogP contribution in [0.25, 0.3) is 0 Å². The third-order valence-corrected chi connectivity index (χ3v) is 2.60. The average molecular weight is 251 g/mol. The van der Waals surface area contributed by atoms with E-state index in [9.17, 15) is 4.79 Å². The molecule has 0 amide bonds. The molecule has 100 valence electrons. The third-order valence-electron chi connectivity index (χ3n) is 2.60. The van der Waals surface area contributed by atoms with Crippen LogP contribution in [-0.2, 0) is 9.53 Å². The number of carbonyl (C=O) groups is 1. The Morgan fingerprint density at radius 2 is 2.06 bits per heavy atom. The molecule has 1 aromatic rings. The van der Waals surface area contributed by atoms with Crippen LogP contribution in [0.1, 0.15) is 20.3 Å². The van der Waals surface area contributed by atoms with Gasteiger partial charge in [-0.05, 0) is 24.5 Å². The molecule has 0 spiro atoms. The Morgan fingerprint density at radius 1 is 1.33 bits per heavy atom. The first-order valence-corrected chi connectivity index (χ1v) is 6.05. The van der Waals surface area contributed by atoms with Crippen LogP contribution in [0.4, 0.5) is 5.69 Å². The maximum atomic E-state index is 11.7. The number of nitrogens with one attached hydrogen (secondary N) is 1. The second kappa shape index (κ2) is 6.89. The highest BCUT2D eigenvalue weighted by Crippen LogP contribution is 2.19. The van der Waals surface area contributed by atoms with Crippen LogP contribution in [0.15, 0.2) is 24.3 Å². The predicted molar refractivity (Wildman–Crippen MR) is 71.9 cm³/mol. The van der Waals surface area contributed by atoms with Crippen LogP contribution in [0.5, 0.6) is 5.75 Å². The second-order valence-corrected chi connectivity index (χ2v) is 4.58. The maximum absolute atomic E-state index is 11.7. The maximum Gasteiger partial charge on any atom is 0.328 e. The van der Waals surface area contributed by atoms with E-state index >= 15 is 0 Å². The molecule has 0 radical (unpaired) electrons. The Kier molecular flexibility index (Phi) is 5.49. The van der Waals surface area contributed by atoms with Gasteiger partial charge in [0, 0.05) is 11.8 Å². The number of esters is 1. The second-order valence-electron chi connectivity index (χ2n) is 4.58. The van der Waals surface area contributed by atoms with Crippen LogP contribution in [-0.4, -0.2) is 26.2 Å². The Morgan fingerprint density at radius 3 is 2.61 bits per heavy atom. The van der Waals surface area contributed by atoms with Crippen LogP contribution in [0.3, 0.4) is 0 Å². The van der Waals surface area contributed by atoms with Gasteiger partial charge in [0.25, 0.3) is 0 Å². The van der Waals surface area contributed by atoms with Crippen LogP contribution >= 0.6 is 0 Å². The van der Waals surface area contributed by atoms with Crippen molar-refractivity contribution in [1.82, 2.24) is 0 Å². The number of ether oxygens (including phenoxy) is 2. The lowest BCUT2D eigenvalue weighted by Gasteiger charge is -2.19. The smallest absolute Gasteiger partial charge is 0.328 e. The minimum Gasteiger partial charge on any atom is -0.497 e. The van der Waals surface area contributed by atoms with Crippen LogP contribution in [0.2, 0.25) is 0 Å². The van der Waals surface area contributed by atoms with E-state index in [0.717, 1.165) is 17.9 Å². The van der Waals surface area contributed by atoms with Gasteiger partial charge in [-0.2, -0.15) is 0 Å². The summed E-state index contributed by atoms with van der Waals surface area (Å²) in [6.45, 7) is 4.15. The zero-order valence-electron chi connectivity index (χ0n) is 11.4. The number of carbonyl (C=O) groups excluding carboxylic acids is 1. The van der Waals surface area contributed by atoms with E-state index in [-0.39, 0.29) is 12.0 Å². The largest absolute Gasteiger partial charge is 0.497 e. The van der Waals surface area contributed by atoms with E-state index in [1.807, 2.05) is 24.3 Å². The van der Waals surface area contributed by atoms with Gasteiger partial charge >= 0.3 is 5.97 Å². The van der Waals surface area contributed by atoms with Crippen LogP contribution < -0.4 is 10.1 Å². The molecule has 1 aromatic carbocycles. The summed E-state index contributed by atoms with van der Waals surface area (Å²) < 4.78 is 9.96.